The monoisotopic (exact) mass is 336 g/mol. The minimum atomic E-state index is 0.0266. The summed E-state index contributed by atoms with van der Waals surface area (Å²) < 4.78 is 5.67. The number of hydrogen-bond acceptors (Lipinski definition) is 5. The fourth-order valence-corrected chi connectivity index (χ4v) is 3.12. The largest absolute Gasteiger partial charge is 0.508 e. The Balaban J connectivity index is 1.57. The SMILES string of the molecule is Oc1ccccc1CN1CCOCC1c1ncc(-c2cccnc2)[nH]1. The van der Waals surface area contributed by atoms with Gasteiger partial charge in [0, 0.05) is 36.6 Å². The van der Waals surface area contributed by atoms with Crippen molar-refractivity contribution in [2.75, 3.05) is 19.8 Å². The van der Waals surface area contributed by atoms with Crippen LogP contribution in [0.5, 0.6) is 5.75 Å². The number of hydrogen-bond donors (Lipinski definition) is 2. The van der Waals surface area contributed by atoms with Crippen molar-refractivity contribution in [2.24, 2.45) is 0 Å². The van der Waals surface area contributed by atoms with Crippen molar-refractivity contribution in [3.63, 3.8) is 0 Å². The Morgan fingerprint density at radius 2 is 2.12 bits per heavy atom. The van der Waals surface area contributed by atoms with E-state index >= 15 is 0 Å². The Labute approximate surface area is 146 Å². The van der Waals surface area contributed by atoms with Crippen LogP contribution in [0.1, 0.15) is 17.4 Å². The van der Waals surface area contributed by atoms with Gasteiger partial charge in [-0.3, -0.25) is 9.88 Å². The van der Waals surface area contributed by atoms with Crippen molar-refractivity contribution in [1.29, 1.82) is 0 Å². The van der Waals surface area contributed by atoms with Crippen LogP contribution in [0.25, 0.3) is 11.3 Å². The highest BCUT2D eigenvalue weighted by Crippen LogP contribution is 2.28. The van der Waals surface area contributed by atoms with Gasteiger partial charge < -0.3 is 14.8 Å². The third-order valence-corrected chi connectivity index (χ3v) is 4.49. The summed E-state index contributed by atoms with van der Waals surface area (Å²) in [4.78, 5) is 14.4. The molecule has 3 heterocycles. The van der Waals surface area contributed by atoms with E-state index in [1.165, 1.54) is 0 Å². The average molecular weight is 336 g/mol. The second-order valence-electron chi connectivity index (χ2n) is 6.11. The summed E-state index contributed by atoms with van der Waals surface area (Å²) in [6.07, 6.45) is 5.40. The first-order chi connectivity index (χ1) is 12.3. The molecule has 1 aromatic carbocycles. The molecule has 0 amide bonds. The minimum Gasteiger partial charge on any atom is -0.508 e. The molecule has 1 unspecified atom stereocenters. The molecule has 1 saturated heterocycles. The zero-order chi connectivity index (χ0) is 17.1. The molecule has 3 aromatic rings. The van der Waals surface area contributed by atoms with Crippen molar-refractivity contribution >= 4 is 0 Å². The molecule has 6 heteroatoms. The van der Waals surface area contributed by atoms with Crippen LogP contribution >= 0.6 is 0 Å². The Hall–Kier alpha value is -2.70. The molecule has 1 aliphatic heterocycles. The van der Waals surface area contributed by atoms with Crippen LogP contribution in [-0.2, 0) is 11.3 Å². The van der Waals surface area contributed by atoms with Gasteiger partial charge in [-0.2, -0.15) is 0 Å². The van der Waals surface area contributed by atoms with E-state index in [1.54, 1.807) is 12.3 Å². The summed E-state index contributed by atoms with van der Waals surface area (Å²) in [5, 5.41) is 10.1. The van der Waals surface area contributed by atoms with Gasteiger partial charge in [0.2, 0.25) is 0 Å². The molecular weight excluding hydrogens is 316 g/mol. The second kappa shape index (κ2) is 7.04. The van der Waals surface area contributed by atoms with E-state index in [0.29, 0.717) is 25.5 Å². The fraction of sp³-hybridized carbons (Fsp3) is 0.263. The molecule has 6 nitrogen and oxygen atoms in total. The van der Waals surface area contributed by atoms with Crippen LogP contribution in [0.15, 0.2) is 55.0 Å². The summed E-state index contributed by atoms with van der Waals surface area (Å²) in [6, 6.07) is 11.4. The zero-order valence-corrected chi connectivity index (χ0v) is 13.8. The van der Waals surface area contributed by atoms with Crippen molar-refractivity contribution < 1.29 is 9.84 Å². The smallest absolute Gasteiger partial charge is 0.126 e. The van der Waals surface area contributed by atoms with Gasteiger partial charge in [0.05, 0.1) is 31.1 Å². The summed E-state index contributed by atoms with van der Waals surface area (Å²) in [7, 11) is 0. The van der Waals surface area contributed by atoms with E-state index in [1.807, 2.05) is 42.7 Å². The standard InChI is InChI=1S/C19H20N4O2/c24-18-6-2-1-4-15(18)12-23-8-9-25-13-17(23)19-21-11-16(22-19)14-5-3-7-20-10-14/h1-7,10-11,17,24H,8-9,12-13H2,(H,21,22). The third-order valence-electron chi connectivity index (χ3n) is 4.49. The number of ether oxygens (including phenoxy) is 1. The minimum absolute atomic E-state index is 0.0266. The number of nitrogens with zero attached hydrogens (tertiary/aromatic N) is 3. The number of aromatic hydroxyl groups is 1. The van der Waals surface area contributed by atoms with Gasteiger partial charge in [0.15, 0.2) is 0 Å². The van der Waals surface area contributed by atoms with Crippen LogP contribution in [-0.4, -0.2) is 44.7 Å². The maximum atomic E-state index is 10.1. The molecule has 128 valence electrons. The lowest BCUT2D eigenvalue weighted by Gasteiger charge is -2.34. The van der Waals surface area contributed by atoms with E-state index in [-0.39, 0.29) is 6.04 Å². The molecule has 0 saturated carbocycles. The molecule has 1 aliphatic rings. The summed E-state index contributed by atoms with van der Waals surface area (Å²) in [5.74, 6) is 1.19. The average Bonchev–Trinajstić information content (AvgIpc) is 3.15. The van der Waals surface area contributed by atoms with Gasteiger partial charge in [-0.1, -0.05) is 18.2 Å². The topological polar surface area (TPSA) is 74.3 Å². The van der Waals surface area contributed by atoms with E-state index in [0.717, 1.165) is 29.2 Å². The molecule has 0 radical (unpaired) electrons. The number of imidazole rings is 1. The molecule has 0 aliphatic carbocycles. The van der Waals surface area contributed by atoms with E-state index in [4.69, 9.17) is 4.74 Å². The summed E-state index contributed by atoms with van der Waals surface area (Å²) in [6.45, 7) is 2.71. The second-order valence-corrected chi connectivity index (χ2v) is 6.11. The Bertz CT molecular complexity index is 834. The van der Waals surface area contributed by atoms with Gasteiger partial charge in [0.25, 0.3) is 0 Å². The van der Waals surface area contributed by atoms with Crippen LogP contribution in [0.3, 0.4) is 0 Å². The molecule has 2 aromatic heterocycles. The van der Waals surface area contributed by atoms with E-state index in [2.05, 4.69) is 19.9 Å². The predicted octanol–water partition coefficient (Wildman–Crippen LogP) is 2.75. The van der Waals surface area contributed by atoms with E-state index < -0.39 is 0 Å². The number of rotatable bonds is 4. The quantitative estimate of drug-likeness (QED) is 0.766. The first kappa shape index (κ1) is 15.8. The fourth-order valence-electron chi connectivity index (χ4n) is 3.12. The molecule has 2 N–H and O–H groups in total. The first-order valence-corrected chi connectivity index (χ1v) is 8.35. The zero-order valence-electron chi connectivity index (χ0n) is 13.8. The molecule has 25 heavy (non-hydrogen) atoms. The highest BCUT2D eigenvalue weighted by Gasteiger charge is 2.27. The lowest BCUT2D eigenvalue weighted by Crippen LogP contribution is -2.39. The van der Waals surface area contributed by atoms with Crippen molar-refractivity contribution in [3.8, 4) is 17.0 Å². The Morgan fingerprint density at radius 1 is 1.20 bits per heavy atom. The van der Waals surface area contributed by atoms with Crippen molar-refractivity contribution in [3.05, 3.63) is 66.4 Å². The Kier molecular flexibility index (Phi) is 4.45. The first-order valence-electron chi connectivity index (χ1n) is 8.35. The number of phenols is 1. The highest BCUT2D eigenvalue weighted by atomic mass is 16.5. The highest BCUT2D eigenvalue weighted by molar-refractivity contribution is 5.56. The Morgan fingerprint density at radius 3 is 2.96 bits per heavy atom. The number of benzene rings is 1. The van der Waals surface area contributed by atoms with Gasteiger partial charge in [-0.05, 0) is 18.2 Å². The lowest BCUT2D eigenvalue weighted by molar-refractivity contribution is -0.0158. The van der Waals surface area contributed by atoms with E-state index in [9.17, 15) is 5.11 Å². The summed E-state index contributed by atoms with van der Waals surface area (Å²) >= 11 is 0. The number of morpholine rings is 1. The summed E-state index contributed by atoms with van der Waals surface area (Å²) in [5.41, 5.74) is 2.86. The van der Waals surface area contributed by atoms with Gasteiger partial charge in [-0.25, -0.2) is 4.98 Å². The van der Waals surface area contributed by atoms with Crippen LogP contribution in [0.4, 0.5) is 0 Å². The van der Waals surface area contributed by atoms with Crippen LogP contribution < -0.4 is 0 Å². The number of H-pyrrole nitrogens is 1. The molecule has 1 atom stereocenters. The predicted molar refractivity (Wildman–Crippen MR) is 93.9 cm³/mol. The number of pyridine rings is 1. The van der Waals surface area contributed by atoms with Gasteiger partial charge in [-0.15, -0.1) is 0 Å². The maximum absolute atomic E-state index is 10.1. The number of aromatic amines is 1. The molecular formula is C19H20N4O2. The van der Waals surface area contributed by atoms with Crippen LogP contribution in [0, 0.1) is 0 Å². The number of nitrogens with one attached hydrogen (secondary N) is 1. The molecule has 0 bridgehead atoms. The van der Waals surface area contributed by atoms with Crippen molar-refractivity contribution in [1.82, 2.24) is 19.9 Å². The maximum Gasteiger partial charge on any atom is 0.126 e. The number of phenolic OH excluding ortho intramolecular Hbond substituents is 1. The molecule has 1 fully saturated rings. The number of para-hydroxylation sites is 1. The number of aromatic nitrogens is 3. The van der Waals surface area contributed by atoms with Gasteiger partial charge in [0.1, 0.15) is 11.6 Å². The van der Waals surface area contributed by atoms with Crippen molar-refractivity contribution in [2.45, 2.75) is 12.6 Å². The molecule has 4 rings (SSSR count). The van der Waals surface area contributed by atoms with Crippen LogP contribution in [0.2, 0.25) is 0 Å². The lowest BCUT2D eigenvalue weighted by atomic mass is 10.1. The molecule has 0 spiro atoms. The normalized spacial score (nSPS) is 18.3. The van der Waals surface area contributed by atoms with Gasteiger partial charge >= 0.3 is 0 Å². The third kappa shape index (κ3) is 3.40.